The molecule has 6 heteroatoms. The summed E-state index contributed by atoms with van der Waals surface area (Å²) in [5.41, 5.74) is 2.73. The Balaban J connectivity index is 1.79. The lowest BCUT2D eigenvalue weighted by Crippen LogP contribution is -2.36. The molecule has 5 nitrogen and oxygen atoms in total. The molecule has 0 heterocycles. The van der Waals surface area contributed by atoms with Gasteiger partial charge in [-0.05, 0) is 62.1 Å². The zero-order chi connectivity index (χ0) is 19.4. The van der Waals surface area contributed by atoms with Gasteiger partial charge in [0.1, 0.15) is 0 Å². The number of hydrogen-bond acceptors (Lipinski definition) is 3. The molecule has 2 N–H and O–H groups in total. The maximum Gasteiger partial charge on any atom is 0.261 e. The van der Waals surface area contributed by atoms with Crippen LogP contribution >= 0.6 is 0 Å². The maximum atomic E-state index is 12.8. The molecule has 0 bridgehead atoms. The molecule has 1 saturated carbocycles. The Morgan fingerprint density at radius 3 is 2.48 bits per heavy atom. The van der Waals surface area contributed by atoms with Gasteiger partial charge in [-0.2, -0.15) is 0 Å². The van der Waals surface area contributed by atoms with Crippen molar-refractivity contribution in [1.29, 1.82) is 0 Å². The Morgan fingerprint density at radius 1 is 1.00 bits per heavy atom. The largest absolute Gasteiger partial charge is 0.349 e. The summed E-state index contributed by atoms with van der Waals surface area (Å²) in [5.74, 6) is -0.217. The van der Waals surface area contributed by atoms with Gasteiger partial charge in [0, 0.05) is 11.6 Å². The third kappa shape index (κ3) is 4.89. The first-order chi connectivity index (χ1) is 12.8. The predicted molar refractivity (Wildman–Crippen MR) is 108 cm³/mol. The number of benzene rings is 2. The second-order valence-corrected chi connectivity index (χ2v) is 8.94. The molecule has 2 aromatic carbocycles. The second kappa shape index (κ2) is 8.13. The molecule has 0 radical (unpaired) electrons. The van der Waals surface area contributed by atoms with Crippen LogP contribution in [0.25, 0.3) is 0 Å². The SMILES string of the molecule is Cc1ccc(C)c(NS(=O)(=O)c2cccc(C(=O)NC3CCCCC3)c2)c1. The van der Waals surface area contributed by atoms with Gasteiger partial charge < -0.3 is 5.32 Å². The van der Waals surface area contributed by atoms with Gasteiger partial charge in [0.05, 0.1) is 10.6 Å². The summed E-state index contributed by atoms with van der Waals surface area (Å²) in [4.78, 5) is 12.6. The summed E-state index contributed by atoms with van der Waals surface area (Å²) in [5, 5.41) is 3.03. The number of anilines is 1. The van der Waals surface area contributed by atoms with E-state index in [0.29, 0.717) is 11.3 Å². The molecule has 0 aromatic heterocycles. The van der Waals surface area contributed by atoms with Crippen LogP contribution in [0.4, 0.5) is 5.69 Å². The van der Waals surface area contributed by atoms with E-state index in [1.807, 2.05) is 26.0 Å². The van der Waals surface area contributed by atoms with Crippen LogP contribution in [0.3, 0.4) is 0 Å². The van der Waals surface area contributed by atoms with Crippen molar-refractivity contribution in [3.63, 3.8) is 0 Å². The topological polar surface area (TPSA) is 75.3 Å². The van der Waals surface area contributed by atoms with E-state index in [2.05, 4.69) is 10.0 Å². The van der Waals surface area contributed by atoms with E-state index >= 15 is 0 Å². The highest BCUT2D eigenvalue weighted by atomic mass is 32.2. The predicted octanol–water partition coefficient (Wildman–Crippen LogP) is 4.17. The van der Waals surface area contributed by atoms with Crippen LogP contribution in [-0.4, -0.2) is 20.4 Å². The number of amides is 1. The van der Waals surface area contributed by atoms with Crippen molar-refractivity contribution in [2.45, 2.75) is 56.9 Å². The van der Waals surface area contributed by atoms with E-state index in [-0.39, 0.29) is 16.8 Å². The van der Waals surface area contributed by atoms with Crippen LogP contribution in [0.15, 0.2) is 47.4 Å². The number of nitrogens with one attached hydrogen (secondary N) is 2. The Hall–Kier alpha value is -2.34. The molecule has 0 atom stereocenters. The van der Waals surface area contributed by atoms with E-state index < -0.39 is 10.0 Å². The van der Waals surface area contributed by atoms with Crippen LogP contribution < -0.4 is 10.0 Å². The van der Waals surface area contributed by atoms with Crippen molar-refractivity contribution in [3.05, 3.63) is 59.2 Å². The Labute approximate surface area is 161 Å². The standard InChI is InChI=1S/C21H26N2O3S/c1-15-11-12-16(2)20(13-15)23-27(25,26)19-10-6-7-17(14-19)21(24)22-18-8-4-3-5-9-18/h6-7,10-14,18,23H,3-5,8-9H2,1-2H3,(H,22,24). The summed E-state index contributed by atoms with van der Waals surface area (Å²) in [6.07, 6.45) is 5.43. The molecule has 0 spiro atoms. The lowest BCUT2D eigenvalue weighted by Gasteiger charge is -2.22. The summed E-state index contributed by atoms with van der Waals surface area (Å²) in [6.45, 7) is 3.76. The molecule has 144 valence electrons. The summed E-state index contributed by atoms with van der Waals surface area (Å²) < 4.78 is 28.2. The van der Waals surface area contributed by atoms with Crippen LogP contribution in [0.1, 0.15) is 53.6 Å². The smallest absolute Gasteiger partial charge is 0.261 e. The molecule has 1 aliphatic carbocycles. The first-order valence-corrected chi connectivity index (χ1v) is 10.8. The van der Waals surface area contributed by atoms with Crippen LogP contribution in [0, 0.1) is 13.8 Å². The van der Waals surface area contributed by atoms with Gasteiger partial charge in [0.15, 0.2) is 0 Å². The first-order valence-electron chi connectivity index (χ1n) is 9.36. The zero-order valence-electron chi connectivity index (χ0n) is 15.8. The highest BCUT2D eigenvalue weighted by Crippen LogP contribution is 2.22. The Kier molecular flexibility index (Phi) is 5.85. The molecular formula is C21H26N2O3S. The van der Waals surface area contributed by atoms with Gasteiger partial charge in [-0.1, -0.05) is 37.5 Å². The molecule has 0 unspecified atom stereocenters. The van der Waals surface area contributed by atoms with Gasteiger partial charge in [0.25, 0.3) is 15.9 Å². The second-order valence-electron chi connectivity index (χ2n) is 7.26. The molecule has 27 heavy (non-hydrogen) atoms. The van der Waals surface area contributed by atoms with Crippen LogP contribution in [-0.2, 0) is 10.0 Å². The summed E-state index contributed by atoms with van der Waals surface area (Å²) >= 11 is 0. The minimum atomic E-state index is -3.77. The van der Waals surface area contributed by atoms with Crippen molar-refractivity contribution in [3.8, 4) is 0 Å². The maximum absolute atomic E-state index is 12.8. The number of hydrogen-bond donors (Lipinski definition) is 2. The Morgan fingerprint density at radius 2 is 1.74 bits per heavy atom. The van der Waals surface area contributed by atoms with Gasteiger partial charge in [-0.15, -0.1) is 0 Å². The quantitative estimate of drug-likeness (QED) is 0.810. The molecule has 0 saturated heterocycles. The van der Waals surface area contributed by atoms with Crippen molar-refractivity contribution < 1.29 is 13.2 Å². The number of aryl methyl sites for hydroxylation is 2. The monoisotopic (exact) mass is 386 g/mol. The van der Waals surface area contributed by atoms with Crippen LogP contribution in [0.2, 0.25) is 0 Å². The summed E-state index contributed by atoms with van der Waals surface area (Å²) in [6, 6.07) is 12.0. The van der Waals surface area contributed by atoms with E-state index in [1.54, 1.807) is 18.2 Å². The van der Waals surface area contributed by atoms with Gasteiger partial charge in [-0.25, -0.2) is 8.42 Å². The normalized spacial score (nSPS) is 15.3. The van der Waals surface area contributed by atoms with Crippen LogP contribution in [0.5, 0.6) is 0 Å². The molecule has 2 aromatic rings. The first kappa shape index (κ1) is 19.4. The fourth-order valence-electron chi connectivity index (χ4n) is 3.37. The van der Waals surface area contributed by atoms with E-state index in [1.165, 1.54) is 18.6 Å². The third-order valence-corrected chi connectivity index (χ3v) is 6.35. The van der Waals surface area contributed by atoms with E-state index in [9.17, 15) is 13.2 Å². The van der Waals surface area contributed by atoms with Crippen molar-refractivity contribution in [2.24, 2.45) is 0 Å². The van der Waals surface area contributed by atoms with E-state index in [0.717, 1.165) is 36.8 Å². The molecule has 3 rings (SSSR count). The highest BCUT2D eigenvalue weighted by molar-refractivity contribution is 7.92. The van der Waals surface area contributed by atoms with Crippen molar-refractivity contribution in [1.82, 2.24) is 5.32 Å². The molecule has 0 aliphatic heterocycles. The molecule has 1 fully saturated rings. The Bertz CT molecular complexity index is 932. The van der Waals surface area contributed by atoms with Gasteiger partial charge in [0.2, 0.25) is 0 Å². The lowest BCUT2D eigenvalue weighted by atomic mass is 9.95. The zero-order valence-corrected chi connectivity index (χ0v) is 16.6. The molecule has 1 amide bonds. The van der Waals surface area contributed by atoms with Gasteiger partial charge >= 0.3 is 0 Å². The minimum Gasteiger partial charge on any atom is -0.349 e. The van der Waals surface area contributed by atoms with E-state index in [4.69, 9.17) is 0 Å². The number of sulfonamides is 1. The minimum absolute atomic E-state index is 0.0831. The van der Waals surface area contributed by atoms with Gasteiger partial charge in [-0.3, -0.25) is 9.52 Å². The lowest BCUT2D eigenvalue weighted by molar-refractivity contribution is 0.0927. The third-order valence-electron chi connectivity index (χ3n) is 4.98. The number of carbonyl (C=O) groups excluding carboxylic acids is 1. The average molecular weight is 387 g/mol. The summed E-state index contributed by atoms with van der Waals surface area (Å²) in [7, 11) is -3.77. The molecular weight excluding hydrogens is 360 g/mol. The van der Waals surface area contributed by atoms with Crippen molar-refractivity contribution >= 4 is 21.6 Å². The highest BCUT2D eigenvalue weighted by Gasteiger charge is 2.20. The fraction of sp³-hybridized carbons (Fsp3) is 0.381. The number of rotatable bonds is 5. The number of carbonyl (C=O) groups is 1. The van der Waals surface area contributed by atoms with Crippen molar-refractivity contribution in [2.75, 3.05) is 4.72 Å². The molecule has 1 aliphatic rings. The fourth-order valence-corrected chi connectivity index (χ4v) is 4.54. The average Bonchev–Trinajstić information content (AvgIpc) is 2.65.